The quantitative estimate of drug-likeness (QED) is 0.725. The van der Waals surface area contributed by atoms with Crippen molar-refractivity contribution >= 4 is 17.4 Å². The molecule has 82 valence electrons. The van der Waals surface area contributed by atoms with Crippen LogP contribution in [0.5, 0.6) is 5.75 Å². The van der Waals surface area contributed by atoms with Crippen molar-refractivity contribution in [3.8, 4) is 5.75 Å². The van der Waals surface area contributed by atoms with Crippen molar-refractivity contribution in [3.05, 3.63) is 11.5 Å². The number of halogens is 1. The molecule has 1 atom stereocenters. The van der Waals surface area contributed by atoms with Crippen molar-refractivity contribution in [1.29, 1.82) is 0 Å². The predicted molar refractivity (Wildman–Crippen MR) is 59.6 cm³/mol. The normalized spacial score (nSPS) is 20.7. The van der Waals surface area contributed by atoms with E-state index in [1.165, 1.54) is 12.7 Å². The number of rotatable bonds is 2. The van der Waals surface area contributed by atoms with E-state index in [9.17, 15) is 0 Å². The maximum Gasteiger partial charge on any atom is 0.199 e. The van der Waals surface area contributed by atoms with Gasteiger partial charge in [-0.3, -0.25) is 0 Å². The Hall–Kier alpha value is -1.03. The summed E-state index contributed by atoms with van der Waals surface area (Å²) in [6.45, 7) is 4.24. The Labute approximate surface area is 94.2 Å². The largest absolute Gasteiger partial charge is 0.490 e. The van der Waals surface area contributed by atoms with Crippen molar-refractivity contribution in [3.63, 3.8) is 0 Å². The number of methoxy groups -OCH3 is 1. The van der Waals surface area contributed by atoms with E-state index in [0.29, 0.717) is 16.8 Å². The van der Waals surface area contributed by atoms with Gasteiger partial charge in [0.1, 0.15) is 6.33 Å². The first-order valence-electron chi connectivity index (χ1n) is 5.01. The summed E-state index contributed by atoms with van der Waals surface area (Å²) in [5, 5.41) is 0.377. The maximum absolute atomic E-state index is 5.94. The van der Waals surface area contributed by atoms with Crippen LogP contribution in [0.4, 0.5) is 5.82 Å². The topological polar surface area (TPSA) is 38.3 Å². The lowest BCUT2D eigenvalue weighted by molar-refractivity contribution is 0.411. The first kappa shape index (κ1) is 10.5. The highest BCUT2D eigenvalue weighted by Gasteiger charge is 2.24. The molecule has 0 aliphatic carbocycles. The Morgan fingerprint density at radius 1 is 1.53 bits per heavy atom. The third-order valence-electron chi connectivity index (χ3n) is 2.67. The Kier molecular flexibility index (Phi) is 2.95. The van der Waals surface area contributed by atoms with E-state index in [2.05, 4.69) is 21.8 Å². The van der Waals surface area contributed by atoms with Crippen molar-refractivity contribution in [2.24, 2.45) is 5.92 Å². The van der Waals surface area contributed by atoms with Crippen LogP contribution in [0.25, 0.3) is 0 Å². The molecule has 1 aromatic rings. The molecular weight excluding hydrogens is 214 g/mol. The number of nitrogens with zero attached hydrogens (tertiary/aromatic N) is 3. The summed E-state index contributed by atoms with van der Waals surface area (Å²) in [5.41, 5.74) is 0. The number of aromatic nitrogens is 2. The smallest absolute Gasteiger partial charge is 0.199 e. The van der Waals surface area contributed by atoms with Crippen molar-refractivity contribution in [2.45, 2.75) is 13.3 Å². The summed E-state index contributed by atoms with van der Waals surface area (Å²) in [7, 11) is 1.59. The summed E-state index contributed by atoms with van der Waals surface area (Å²) in [6, 6.07) is 0. The van der Waals surface area contributed by atoms with E-state index in [1.54, 1.807) is 7.11 Å². The summed E-state index contributed by atoms with van der Waals surface area (Å²) >= 11 is 5.94. The van der Waals surface area contributed by atoms with Gasteiger partial charge in [0.05, 0.1) is 7.11 Å². The van der Waals surface area contributed by atoms with Crippen LogP contribution in [0.2, 0.25) is 5.15 Å². The monoisotopic (exact) mass is 227 g/mol. The second-order valence-electron chi connectivity index (χ2n) is 3.86. The fraction of sp³-hybridized carbons (Fsp3) is 0.600. The minimum atomic E-state index is 0.377. The molecule has 1 fully saturated rings. The van der Waals surface area contributed by atoms with Crippen LogP contribution < -0.4 is 9.64 Å². The highest BCUT2D eigenvalue weighted by atomic mass is 35.5. The highest BCUT2D eigenvalue weighted by molar-refractivity contribution is 6.31. The van der Waals surface area contributed by atoms with Gasteiger partial charge in [0.15, 0.2) is 16.7 Å². The number of hydrogen-bond acceptors (Lipinski definition) is 4. The lowest BCUT2D eigenvalue weighted by atomic mass is 10.2. The molecule has 15 heavy (non-hydrogen) atoms. The van der Waals surface area contributed by atoms with Gasteiger partial charge in [-0.25, -0.2) is 9.97 Å². The molecule has 0 bridgehead atoms. The summed E-state index contributed by atoms with van der Waals surface area (Å²) in [5.74, 6) is 2.08. The van der Waals surface area contributed by atoms with Crippen LogP contribution in [-0.2, 0) is 0 Å². The second-order valence-corrected chi connectivity index (χ2v) is 4.22. The van der Waals surface area contributed by atoms with Crippen LogP contribution in [0.1, 0.15) is 13.3 Å². The Bertz CT molecular complexity index is 359. The zero-order chi connectivity index (χ0) is 10.8. The zero-order valence-corrected chi connectivity index (χ0v) is 9.66. The van der Waals surface area contributed by atoms with Gasteiger partial charge in [-0.15, -0.1) is 0 Å². The lowest BCUT2D eigenvalue weighted by Crippen LogP contribution is -2.21. The zero-order valence-electron chi connectivity index (χ0n) is 8.90. The molecule has 5 heteroatoms. The molecule has 0 aromatic carbocycles. The Morgan fingerprint density at radius 2 is 2.33 bits per heavy atom. The molecule has 1 aromatic heterocycles. The molecule has 2 rings (SSSR count). The summed E-state index contributed by atoms with van der Waals surface area (Å²) in [4.78, 5) is 10.3. The van der Waals surface area contributed by atoms with Crippen LogP contribution in [0, 0.1) is 5.92 Å². The average molecular weight is 228 g/mol. The third-order valence-corrected chi connectivity index (χ3v) is 2.94. The molecule has 0 radical (unpaired) electrons. The van der Waals surface area contributed by atoms with E-state index in [4.69, 9.17) is 16.3 Å². The standard InChI is InChI=1S/C10H14ClN3O/c1-7-3-4-14(5-7)10-8(15-2)9(11)12-6-13-10/h6-7H,3-5H2,1-2H3. The highest BCUT2D eigenvalue weighted by Crippen LogP contribution is 2.33. The van der Waals surface area contributed by atoms with Gasteiger partial charge in [0.25, 0.3) is 0 Å². The van der Waals surface area contributed by atoms with Gasteiger partial charge < -0.3 is 9.64 Å². The van der Waals surface area contributed by atoms with Gasteiger partial charge in [-0.2, -0.15) is 0 Å². The van der Waals surface area contributed by atoms with Crippen LogP contribution in [0.15, 0.2) is 6.33 Å². The van der Waals surface area contributed by atoms with Crippen molar-refractivity contribution in [1.82, 2.24) is 9.97 Å². The molecule has 1 aliphatic rings. The van der Waals surface area contributed by atoms with Crippen LogP contribution in [-0.4, -0.2) is 30.2 Å². The predicted octanol–water partition coefficient (Wildman–Crippen LogP) is 1.98. The number of anilines is 1. The third kappa shape index (κ3) is 2.00. The summed E-state index contributed by atoms with van der Waals surface area (Å²) < 4.78 is 5.23. The van der Waals surface area contributed by atoms with Gasteiger partial charge >= 0.3 is 0 Å². The van der Waals surface area contributed by atoms with Gasteiger partial charge in [0, 0.05) is 13.1 Å². The van der Waals surface area contributed by atoms with Crippen LogP contribution in [0.3, 0.4) is 0 Å². The molecule has 0 saturated carbocycles. The molecule has 0 N–H and O–H groups in total. The van der Waals surface area contributed by atoms with E-state index in [1.807, 2.05) is 0 Å². The SMILES string of the molecule is COc1c(Cl)ncnc1N1CCC(C)C1. The van der Waals surface area contributed by atoms with Gasteiger partial charge in [-0.1, -0.05) is 18.5 Å². The number of ether oxygens (including phenoxy) is 1. The number of hydrogen-bond donors (Lipinski definition) is 0. The van der Waals surface area contributed by atoms with Gasteiger partial charge in [0.2, 0.25) is 0 Å². The fourth-order valence-electron chi connectivity index (χ4n) is 1.87. The first-order valence-corrected chi connectivity index (χ1v) is 5.39. The maximum atomic E-state index is 5.94. The molecule has 1 aliphatic heterocycles. The van der Waals surface area contributed by atoms with Crippen molar-refractivity contribution in [2.75, 3.05) is 25.1 Å². The summed E-state index contributed by atoms with van der Waals surface area (Å²) in [6.07, 6.45) is 2.66. The molecule has 1 saturated heterocycles. The molecule has 4 nitrogen and oxygen atoms in total. The fourth-order valence-corrected chi connectivity index (χ4v) is 2.08. The molecular formula is C10H14ClN3O. The minimum absolute atomic E-state index is 0.377. The first-order chi connectivity index (χ1) is 7.22. The van der Waals surface area contributed by atoms with Crippen molar-refractivity contribution < 1.29 is 4.74 Å². The van der Waals surface area contributed by atoms with E-state index < -0.39 is 0 Å². The second kappa shape index (κ2) is 4.23. The van der Waals surface area contributed by atoms with E-state index in [-0.39, 0.29) is 0 Å². The Balaban J connectivity index is 2.31. The molecule has 0 amide bonds. The molecule has 1 unspecified atom stereocenters. The van der Waals surface area contributed by atoms with E-state index >= 15 is 0 Å². The Morgan fingerprint density at radius 3 is 2.93 bits per heavy atom. The average Bonchev–Trinajstić information content (AvgIpc) is 2.64. The molecule has 2 heterocycles. The minimum Gasteiger partial charge on any atom is -0.490 e. The molecule has 0 spiro atoms. The van der Waals surface area contributed by atoms with Gasteiger partial charge in [-0.05, 0) is 12.3 Å². The van der Waals surface area contributed by atoms with E-state index in [0.717, 1.165) is 18.9 Å². The lowest BCUT2D eigenvalue weighted by Gasteiger charge is -2.19. The van der Waals surface area contributed by atoms with Crippen LogP contribution >= 0.6 is 11.6 Å².